The summed E-state index contributed by atoms with van der Waals surface area (Å²) in [5.74, 6) is 2.41. The molecule has 6 rings (SSSR count). The summed E-state index contributed by atoms with van der Waals surface area (Å²) in [6, 6.07) is 23.2. The topological polar surface area (TPSA) is 47.4 Å². The second kappa shape index (κ2) is 7.31. The molecule has 0 saturated carbocycles. The van der Waals surface area contributed by atoms with Crippen molar-refractivity contribution in [2.45, 2.75) is 13.5 Å². The van der Waals surface area contributed by atoms with E-state index in [1.165, 1.54) is 11.1 Å². The fourth-order valence-electron chi connectivity index (χ4n) is 4.44. The van der Waals surface area contributed by atoms with Crippen molar-refractivity contribution in [2.75, 3.05) is 13.9 Å². The fourth-order valence-corrected chi connectivity index (χ4v) is 4.44. The Labute approximate surface area is 185 Å². The summed E-state index contributed by atoms with van der Waals surface area (Å²) >= 11 is 0. The van der Waals surface area contributed by atoms with Gasteiger partial charge in [-0.3, -0.25) is 0 Å². The molecule has 1 aliphatic rings. The summed E-state index contributed by atoms with van der Waals surface area (Å²) in [6.07, 6.45) is 2.16. The van der Waals surface area contributed by atoms with Crippen LogP contribution in [-0.4, -0.2) is 18.9 Å². The molecule has 32 heavy (non-hydrogen) atoms. The number of hydrogen-bond acceptors (Lipinski definition) is 3. The van der Waals surface area contributed by atoms with Crippen molar-refractivity contribution in [3.8, 4) is 28.5 Å². The molecular formula is C27H23N2O3+. The van der Waals surface area contributed by atoms with Crippen LogP contribution in [-0.2, 0) is 6.54 Å². The molecule has 3 heterocycles. The van der Waals surface area contributed by atoms with Gasteiger partial charge in [0.25, 0.3) is 0 Å². The number of methoxy groups -OCH3 is 1. The van der Waals surface area contributed by atoms with Crippen LogP contribution in [0.5, 0.6) is 17.2 Å². The van der Waals surface area contributed by atoms with E-state index in [0.717, 1.165) is 56.9 Å². The van der Waals surface area contributed by atoms with Gasteiger partial charge in [-0.15, -0.1) is 0 Å². The van der Waals surface area contributed by atoms with Crippen LogP contribution in [0.3, 0.4) is 0 Å². The summed E-state index contributed by atoms with van der Waals surface area (Å²) in [7, 11) is 1.70. The Hall–Kier alpha value is -3.99. The monoisotopic (exact) mass is 423 g/mol. The zero-order valence-electron chi connectivity index (χ0n) is 18.0. The van der Waals surface area contributed by atoms with Crippen molar-refractivity contribution in [2.24, 2.45) is 0 Å². The van der Waals surface area contributed by atoms with E-state index in [-0.39, 0.29) is 6.79 Å². The Bertz CT molecular complexity index is 1470. The molecule has 0 aliphatic carbocycles. The van der Waals surface area contributed by atoms with Crippen LogP contribution in [0.1, 0.15) is 11.1 Å². The summed E-state index contributed by atoms with van der Waals surface area (Å²) in [4.78, 5) is 3.65. The van der Waals surface area contributed by atoms with Gasteiger partial charge in [-0.25, -0.2) is 0 Å². The minimum atomic E-state index is 0.262. The van der Waals surface area contributed by atoms with Crippen LogP contribution in [0.25, 0.3) is 33.1 Å². The number of nitrogens with zero attached hydrogens (tertiary/aromatic N) is 1. The highest BCUT2D eigenvalue weighted by molar-refractivity contribution is 6.10. The number of pyridine rings is 1. The van der Waals surface area contributed by atoms with Crippen molar-refractivity contribution < 1.29 is 18.8 Å². The molecule has 0 saturated heterocycles. The maximum absolute atomic E-state index is 5.67. The summed E-state index contributed by atoms with van der Waals surface area (Å²) in [6.45, 7) is 3.14. The van der Waals surface area contributed by atoms with Gasteiger partial charge in [0.15, 0.2) is 24.2 Å². The Morgan fingerprint density at radius 3 is 2.59 bits per heavy atom. The molecule has 0 unspecified atom stereocenters. The fraction of sp³-hybridized carbons (Fsp3) is 0.148. The zero-order chi connectivity index (χ0) is 21.7. The van der Waals surface area contributed by atoms with Crippen LogP contribution in [0, 0.1) is 6.92 Å². The van der Waals surface area contributed by atoms with Crippen LogP contribution < -0.4 is 18.8 Å². The molecule has 158 valence electrons. The predicted molar refractivity (Wildman–Crippen MR) is 124 cm³/mol. The lowest BCUT2D eigenvalue weighted by atomic mass is 10.1. The lowest BCUT2D eigenvalue weighted by molar-refractivity contribution is -0.676. The zero-order valence-corrected chi connectivity index (χ0v) is 18.0. The molecule has 2 aromatic heterocycles. The first-order valence-corrected chi connectivity index (χ1v) is 10.7. The third-order valence-corrected chi connectivity index (χ3v) is 6.11. The molecule has 0 spiro atoms. The van der Waals surface area contributed by atoms with Crippen LogP contribution in [0.4, 0.5) is 0 Å². The van der Waals surface area contributed by atoms with E-state index >= 15 is 0 Å². The van der Waals surface area contributed by atoms with Gasteiger partial charge in [-0.2, -0.15) is 4.57 Å². The number of aromatic nitrogens is 2. The molecule has 3 aromatic carbocycles. The highest BCUT2D eigenvalue weighted by Gasteiger charge is 2.24. The van der Waals surface area contributed by atoms with Gasteiger partial charge in [-0.05, 0) is 43.3 Å². The maximum atomic E-state index is 5.67. The summed E-state index contributed by atoms with van der Waals surface area (Å²) < 4.78 is 19.0. The van der Waals surface area contributed by atoms with Crippen molar-refractivity contribution >= 4 is 21.8 Å². The van der Waals surface area contributed by atoms with E-state index in [1.807, 2.05) is 12.1 Å². The molecule has 5 heteroatoms. The Kier molecular flexibility index (Phi) is 4.28. The van der Waals surface area contributed by atoms with Gasteiger partial charge < -0.3 is 19.2 Å². The number of ether oxygens (including phenoxy) is 3. The number of benzene rings is 3. The first-order valence-electron chi connectivity index (χ1n) is 10.7. The van der Waals surface area contributed by atoms with Gasteiger partial charge in [0.2, 0.25) is 12.5 Å². The first kappa shape index (κ1) is 18.8. The minimum Gasteiger partial charge on any atom is -0.497 e. The number of rotatable bonds is 4. The van der Waals surface area contributed by atoms with E-state index in [1.54, 1.807) is 7.11 Å². The third-order valence-electron chi connectivity index (χ3n) is 6.11. The molecule has 0 fully saturated rings. The SMILES string of the molecule is COc1ccc2[nH]c3c(-c4ccc5c(c4)OCO5)[n+](Cc4ccc(C)cc4)ccc3c2c1. The molecular weight excluding hydrogens is 400 g/mol. The van der Waals surface area contributed by atoms with Gasteiger partial charge >= 0.3 is 0 Å². The summed E-state index contributed by atoms with van der Waals surface area (Å²) in [5, 5.41) is 2.30. The standard InChI is InChI=1S/C27H22N2O3/c1-17-3-5-18(6-4-17)15-29-12-11-21-22-14-20(30-2)8-9-23(22)28-26(21)27(29)19-7-10-24-25(13-19)32-16-31-24/h3-14H,15-16H2,1-2H3/p+1. The number of hydrogen-bond donors (Lipinski definition) is 1. The third kappa shape index (κ3) is 3.05. The predicted octanol–water partition coefficient (Wildman–Crippen LogP) is 5.37. The highest BCUT2D eigenvalue weighted by atomic mass is 16.7. The van der Waals surface area contributed by atoms with Crippen LogP contribution >= 0.6 is 0 Å². The van der Waals surface area contributed by atoms with Crippen molar-refractivity contribution in [1.29, 1.82) is 0 Å². The number of fused-ring (bicyclic) bond motifs is 4. The molecule has 0 atom stereocenters. The second-order valence-corrected chi connectivity index (χ2v) is 8.17. The molecule has 0 radical (unpaired) electrons. The van der Waals surface area contributed by atoms with E-state index < -0.39 is 0 Å². The van der Waals surface area contributed by atoms with Crippen molar-refractivity contribution in [3.63, 3.8) is 0 Å². The van der Waals surface area contributed by atoms with Crippen molar-refractivity contribution in [1.82, 2.24) is 4.98 Å². The number of aromatic amines is 1. The highest BCUT2D eigenvalue weighted by Crippen LogP contribution is 2.38. The van der Waals surface area contributed by atoms with Gasteiger partial charge in [-0.1, -0.05) is 29.8 Å². The van der Waals surface area contributed by atoms with Crippen molar-refractivity contribution in [3.05, 3.63) is 84.1 Å². The minimum absolute atomic E-state index is 0.262. The Morgan fingerprint density at radius 1 is 0.906 bits per heavy atom. The van der Waals surface area contributed by atoms with E-state index in [0.29, 0.717) is 0 Å². The van der Waals surface area contributed by atoms with Gasteiger partial charge in [0.1, 0.15) is 11.3 Å². The van der Waals surface area contributed by atoms with Crippen LogP contribution in [0.2, 0.25) is 0 Å². The molecule has 5 nitrogen and oxygen atoms in total. The Balaban J connectivity index is 1.60. The number of H-pyrrole nitrogens is 1. The molecule has 1 N–H and O–H groups in total. The Morgan fingerprint density at radius 2 is 1.75 bits per heavy atom. The number of nitrogens with one attached hydrogen (secondary N) is 1. The average molecular weight is 423 g/mol. The number of aryl methyl sites for hydroxylation is 1. The smallest absolute Gasteiger partial charge is 0.237 e. The average Bonchev–Trinajstić information content (AvgIpc) is 3.43. The first-order chi connectivity index (χ1) is 15.7. The van der Waals surface area contributed by atoms with E-state index in [4.69, 9.17) is 14.2 Å². The molecule has 1 aliphatic heterocycles. The quantitative estimate of drug-likeness (QED) is 0.395. The van der Waals surface area contributed by atoms with E-state index in [2.05, 4.69) is 77.3 Å². The maximum Gasteiger partial charge on any atom is 0.237 e. The second-order valence-electron chi connectivity index (χ2n) is 8.17. The normalized spacial score (nSPS) is 12.6. The van der Waals surface area contributed by atoms with Gasteiger partial charge in [0, 0.05) is 27.9 Å². The molecule has 5 aromatic rings. The largest absolute Gasteiger partial charge is 0.497 e. The lowest BCUT2D eigenvalue weighted by Crippen LogP contribution is -2.36. The van der Waals surface area contributed by atoms with Crippen LogP contribution in [0.15, 0.2) is 72.9 Å². The van der Waals surface area contributed by atoms with E-state index in [9.17, 15) is 0 Å². The molecule has 0 bridgehead atoms. The lowest BCUT2D eigenvalue weighted by Gasteiger charge is -2.08. The summed E-state index contributed by atoms with van der Waals surface area (Å²) in [5.41, 5.74) is 6.86. The van der Waals surface area contributed by atoms with Gasteiger partial charge in [0.05, 0.1) is 12.7 Å². The molecule has 0 amide bonds.